The van der Waals surface area contributed by atoms with Crippen LogP contribution in [0.1, 0.15) is 26.2 Å². The van der Waals surface area contributed by atoms with Gasteiger partial charge in [-0.15, -0.1) is 12.6 Å². The third-order valence-electron chi connectivity index (χ3n) is 2.64. The molecule has 3 nitrogen and oxygen atoms in total. The van der Waals surface area contributed by atoms with E-state index in [1.165, 1.54) is 0 Å². The summed E-state index contributed by atoms with van der Waals surface area (Å²) in [5.41, 5.74) is 1.04. The number of nitrogens with one attached hydrogen (secondary N) is 1. The highest BCUT2D eigenvalue weighted by molar-refractivity contribution is 7.85. The minimum atomic E-state index is -0.237. The van der Waals surface area contributed by atoms with Gasteiger partial charge in [-0.25, -0.2) is 0 Å². The molecule has 1 amide bonds. The lowest BCUT2D eigenvalue weighted by molar-refractivity contribution is -0.117. The number of thiol groups is 1. The SMILES string of the molecule is C=C(C(=O)NC/C=C/C)C1=C(S)C(=O)CCC1. The maximum Gasteiger partial charge on any atom is 0.251 e. The summed E-state index contributed by atoms with van der Waals surface area (Å²) in [7, 11) is 0. The highest BCUT2D eigenvalue weighted by Crippen LogP contribution is 2.29. The van der Waals surface area contributed by atoms with Crippen molar-refractivity contribution < 1.29 is 9.59 Å². The summed E-state index contributed by atoms with van der Waals surface area (Å²) in [5.74, 6) is -0.240. The van der Waals surface area contributed by atoms with Gasteiger partial charge in [0.1, 0.15) is 0 Å². The van der Waals surface area contributed by atoms with Crippen molar-refractivity contribution in [1.82, 2.24) is 5.32 Å². The van der Waals surface area contributed by atoms with Gasteiger partial charge in [-0.3, -0.25) is 9.59 Å². The molecule has 0 aromatic rings. The van der Waals surface area contributed by atoms with Crippen molar-refractivity contribution in [2.75, 3.05) is 6.54 Å². The number of hydrogen-bond donors (Lipinski definition) is 2. The summed E-state index contributed by atoms with van der Waals surface area (Å²) in [6.07, 6.45) is 5.67. The van der Waals surface area contributed by atoms with E-state index in [2.05, 4.69) is 24.5 Å². The van der Waals surface area contributed by atoms with Crippen LogP contribution in [0.3, 0.4) is 0 Å². The maximum absolute atomic E-state index is 11.7. The highest BCUT2D eigenvalue weighted by atomic mass is 32.1. The fourth-order valence-corrected chi connectivity index (χ4v) is 2.00. The molecule has 0 bridgehead atoms. The first-order valence-corrected chi connectivity index (χ1v) is 6.06. The van der Waals surface area contributed by atoms with E-state index in [9.17, 15) is 9.59 Å². The van der Waals surface area contributed by atoms with Crippen LogP contribution in [-0.4, -0.2) is 18.2 Å². The Morgan fingerprint density at radius 1 is 1.53 bits per heavy atom. The molecule has 0 aromatic heterocycles. The van der Waals surface area contributed by atoms with Crippen LogP contribution in [0.2, 0.25) is 0 Å². The molecule has 17 heavy (non-hydrogen) atoms. The van der Waals surface area contributed by atoms with Crippen LogP contribution < -0.4 is 5.32 Å². The number of rotatable bonds is 4. The molecule has 0 fully saturated rings. The average Bonchev–Trinajstić information content (AvgIpc) is 2.32. The van der Waals surface area contributed by atoms with E-state index >= 15 is 0 Å². The zero-order chi connectivity index (χ0) is 12.8. The van der Waals surface area contributed by atoms with Gasteiger partial charge in [-0.05, 0) is 25.3 Å². The lowest BCUT2D eigenvalue weighted by atomic mass is 9.93. The molecule has 1 aliphatic rings. The van der Waals surface area contributed by atoms with Crippen LogP contribution >= 0.6 is 12.6 Å². The molecule has 0 aromatic carbocycles. The highest BCUT2D eigenvalue weighted by Gasteiger charge is 2.22. The first-order valence-electron chi connectivity index (χ1n) is 5.62. The van der Waals surface area contributed by atoms with Gasteiger partial charge in [0, 0.05) is 18.5 Å². The fourth-order valence-electron chi connectivity index (χ4n) is 1.64. The molecule has 0 saturated heterocycles. The first-order chi connectivity index (χ1) is 8.07. The third-order valence-corrected chi connectivity index (χ3v) is 3.15. The largest absolute Gasteiger partial charge is 0.349 e. The van der Waals surface area contributed by atoms with Crippen molar-refractivity contribution in [2.24, 2.45) is 0 Å². The van der Waals surface area contributed by atoms with Gasteiger partial charge in [0.15, 0.2) is 5.78 Å². The van der Waals surface area contributed by atoms with Crippen LogP contribution in [0.15, 0.2) is 34.8 Å². The Labute approximate surface area is 107 Å². The summed E-state index contributed by atoms with van der Waals surface area (Å²) in [6.45, 7) is 6.10. The lowest BCUT2D eigenvalue weighted by Gasteiger charge is -2.17. The number of carbonyl (C=O) groups is 2. The van der Waals surface area contributed by atoms with Gasteiger partial charge in [0.05, 0.1) is 4.91 Å². The van der Waals surface area contributed by atoms with Crippen molar-refractivity contribution >= 4 is 24.3 Å². The van der Waals surface area contributed by atoms with Gasteiger partial charge in [-0.1, -0.05) is 18.7 Å². The molecular formula is C13H17NO2S. The summed E-state index contributed by atoms with van der Waals surface area (Å²) < 4.78 is 0. The second-order valence-corrected chi connectivity index (χ2v) is 4.31. The molecule has 0 unspecified atom stereocenters. The number of carbonyl (C=O) groups excluding carboxylic acids is 2. The van der Waals surface area contributed by atoms with Gasteiger partial charge < -0.3 is 5.32 Å². The van der Waals surface area contributed by atoms with Crippen molar-refractivity contribution in [2.45, 2.75) is 26.2 Å². The summed E-state index contributed by atoms with van der Waals surface area (Å²) in [5, 5.41) is 2.71. The van der Waals surface area contributed by atoms with Crippen LogP contribution in [0.25, 0.3) is 0 Å². The second kappa shape index (κ2) is 6.45. The van der Waals surface area contributed by atoms with E-state index in [4.69, 9.17) is 0 Å². The number of allylic oxidation sites excluding steroid dienone is 2. The molecule has 0 aliphatic heterocycles. The fraction of sp³-hybridized carbons (Fsp3) is 0.385. The molecule has 1 rings (SSSR count). The Balaban J connectivity index is 2.72. The quantitative estimate of drug-likeness (QED) is 0.457. The van der Waals surface area contributed by atoms with Gasteiger partial charge in [0.25, 0.3) is 5.91 Å². The van der Waals surface area contributed by atoms with E-state index in [-0.39, 0.29) is 11.7 Å². The van der Waals surface area contributed by atoms with Crippen molar-refractivity contribution in [1.29, 1.82) is 0 Å². The summed E-state index contributed by atoms with van der Waals surface area (Å²) >= 11 is 4.17. The van der Waals surface area contributed by atoms with E-state index in [1.54, 1.807) is 0 Å². The van der Waals surface area contributed by atoms with Crippen molar-refractivity contribution in [3.05, 3.63) is 34.8 Å². The van der Waals surface area contributed by atoms with Crippen LogP contribution in [0, 0.1) is 0 Å². The standard InChI is InChI=1S/C13H17NO2S/c1-3-4-8-14-13(16)9(2)10-6-5-7-11(15)12(10)17/h3-4,17H,2,5-8H2,1H3,(H,14,16)/b4-3+. The van der Waals surface area contributed by atoms with E-state index < -0.39 is 0 Å². The van der Waals surface area contributed by atoms with Gasteiger partial charge >= 0.3 is 0 Å². The zero-order valence-electron chi connectivity index (χ0n) is 9.95. The monoisotopic (exact) mass is 251 g/mol. The molecule has 92 valence electrons. The molecule has 0 atom stereocenters. The topological polar surface area (TPSA) is 46.2 Å². The Bertz CT molecular complexity index is 408. The molecule has 0 saturated carbocycles. The first kappa shape index (κ1) is 13.8. The average molecular weight is 251 g/mol. The van der Waals surface area contributed by atoms with Gasteiger partial charge in [-0.2, -0.15) is 0 Å². The Morgan fingerprint density at radius 2 is 2.24 bits per heavy atom. The van der Waals surface area contributed by atoms with E-state index in [1.807, 2.05) is 19.1 Å². The molecule has 0 heterocycles. The van der Waals surface area contributed by atoms with E-state index in [0.717, 1.165) is 6.42 Å². The minimum absolute atomic E-state index is 0.00279. The van der Waals surface area contributed by atoms with Crippen LogP contribution in [0.5, 0.6) is 0 Å². The Morgan fingerprint density at radius 3 is 2.88 bits per heavy atom. The third kappa shape index (κ3) is 3.60. The van der Waals surface area contributed by atoms with Crippen molar-refractivity contribution in [3.63, 3.8) is 0 Å². The Kier molecular flexibility index (Phi) is 5.22. The predicted octanol–water partition coefficient (Wildman–Crippen LogP) is 2.17. The molecular weight excluding hydrogens is 234 g/mol. The smallest absolute Gasteiger partial charge is 0.251 e. The predicted molar refractivity (Wildman–Crippen MR) is 71.8 cm³/mol. The van der Waals surface area contributed by atoms with E-state index in [0.29, 0.717) is 35.4 Å². The van der Waals surface area contributed by atoms with Gasteiger partial charge in [0.2, 0.25) is 0 Å². The normalized spacial score (nSPS) is 16.5. The Hall–Kier alpha value is -1.29. The number of hydrogen-bond acceptors (Lipinski definition) is 3. The lowest BCUT2D eigenvalue weighted by Crippen LogP contribution is -2.26. The van der Waals surface area contributed by atoms with Crippen LogP contribution in [-0.2, 0) is 9.59 Å². The summed E-state index contributed by atoms with van der Waals surface area (Å²) in [4.78, 5) is 23.6. The number of Topliss-reactive ketones (excluding diaryl/α,β-unsaturated/α-hetero) is 1. The molecule has 1 N–H and O–H groups in total. The van der Waals surface area contributed by atoms with Crippen molar-refractivity contribution in [3.8, 4) is 0 Å². The molecule has 1 aliphatic carbocycles. The molecule has 4 heteroatoms. The number of amides is 1. The number of ketones is 1. The molecule has 0 radical (unpaired) electrons. The molecule has 0 spiro atoms. The minimum Gasteiger partial charge on any atom is -0.349 e. The van der Waals surface area contributed by atoms with Crippen LogP contribution in [0.4, 0.5) is 0 Å². The summed E-state index contributed by atoms with van der Waals surface area (Å²) in [6, 6.07) is 0. The maximum atomic E-state index is 11.7. The second-order valence-electron chi connectivity index (χ2n) is 3.86. The zero-order valence-corrected chi connectivity index (χ0v) is 10.8.